The first-order valence-electron chi connectivity index (χ1n) is 6.16. The van der Waals surface area contributed by atoms with E-state index in [2.05, 4.69) is 30.4 Å². The SMILES string of the molecule is CNCc1cc(C)ccc1OCCC1CC1. The molecule has 0 unspecified atom stereocenters. The molecule has 0 atom stereocenters. The molecule has 1 N–H and O–H groups in total. The van der Waals surface area contributed by atoms with Crippen LogP contribution in [0.15, 0.2) is 18.2 Å². The van der Waals surface area contributed by atoms with Crippen molar-refractivity contribution in [3.8, 4) is 5.75 Å². The van der Waals surface area contributed by atoms with Crippen molar-refractivity contribution in [1.29, 1.82) is 0 Å². The predicted molar refractivity (Wildman–Crippen MR) is 66.8 cm³/mol. The molecule has 0 amide bonds. The molecule has 1 aliphatic rings. The third-order valence-electron chi connectivity index (χ3n) is 3.06. The minimum Gasteiger partial charge on any atom is -0.493 e. The van der Waals surface area contributed by atoms with Crippen LogP contribution in [0.2, 0.25) is 0 Å². The molecule has 0 aromatic heterocycles. The highest BCUT2D eigenvalue weighted by Crippen LogP contribution is 2.32. The summed E-state index contributed by atoms with van der Waals surface area (Å²) >= 11 is 0. The number of rotatable bonds is 6. The third kappa shape index (κ3) is 3.24. The van der Waals surface area contributed by atoms with Crippen molar-refractivity contribution in [3.05, 3.63) is 29.3 Å². The van der Waals surface area contributed by atoms with Crippen molar-refractivity contribution in [3.63, 3.8) is 0 Å². The second-order valence-electron chi connectivity index (χ2n) is 4.72. The van der Waals surface area contributed by atoms with Crippen LogP contribution in [0, 0.1) is 12.8 Å². The van der Waals surface area contributed by atoms with Crippen LogP contribution in [-0.4, -0.2) is 13.7 Å². The highest BCUT2D eigenvalue weighted by Gasteiger charge is 2.20. The van der Waals surface area contributed by atoms with Crippen LogP contribution in [0.1, 0.15) is 30.4 Å². The average molecular weight is 219 g/mol. The Balaban J connectivity index is 1.93. The summed E-state index contributed by atoms with van der Waals surface area (Å²) in [6.07, 6.45) is 4.02. The molecule has 0 saturated heterocycles. The van der Waals surface area contributed by atoms with Crippen molar-refractivity contribution >= 4 is 0 Å². The Labute approximate surface area is 98.0 Å². The largest absolute Gasteiger partial charge is 0.493 e. The molecule has 0 spiro atoms. The Morgan fingerprint density at radius 1 is 1.38 bits per heavy atom. The molecule has 1 fully saturated rings. The lowest BCUT2D eigenvalue weighted by Crippen LogP contribution is -2.08. The van der Waals surface area contributed by atoms with Crippen molar-refractivity contribution in [2.24, 2.45) is 5.92 Å². The first kappa shape index (κ1) is 11.5. The number of aryl methyl sites for hydroxylation is 1. The molecule has 1 aromatic carbocycles. The van der Waals surface area contributed by atoms with E-state index in [9.17, 15) is 0 Å². The van der Waals surface area contributed by atoms with Crippen molar-refractivity contribution in [2.75, 3.05) is 13.7 Å². The van der Waals surface area contributed by atoms with Gasteiger partial charge in [0.15, 0.2) is 0 Å². The van der Waals surface area contributed by atoms with Crippen LogP contribution < -0.4 is 10.1 Å². The normalized spacial score (nSPS) is 15.1. The van der Waals surface area contributed by atoms with Gasteiger partial charge in [0.1, 0.15) is 5.75 Å². The zero-order valence-corrected chi connectivity index (χ0v) is 10.3. The number of hydrogen-bond acceptors (Lipinski definition) is 2. The van der Waals surface area contributed by atoms with E-state index in [0.717, 1.165) is 24.8 Å². The summed E-state index contributed by atoms with van der Waals surface area (Å²) in [5.41, 5.74) is 2.55. The molecule has 16 heavy (non-hydrogen) atoms. The lowest BCUT2D eigenvalue weighted by molar-refractivity contribution is 0.299. The topological polar surface area (TPSA) is 21.3 Å². The Morgan fingerprint density at radius 3 is 2.88 bits per heavy atom. The minimum atomic E-state index is 0.866. The molecule has 1 saturated carbocycles. The van der Waals surface area contributed by atoms with Crippen molar-refractivity contribution < 1.29 is 4.74 Å². The summed E-state index contributed by atoms with van der Waals surface area (Å²) < 4.78 is 5.86. The second-order valence-corrected chi connectivity index (χ2v) is 4.72. The lowest BCUT2D eigenvalue weighted by Gasteiger charge is -2.12. The zero-order chi connectivity index (χ0) is 11.4. The Kier molecular flexibility index (Phi) is 3.83. The summed E-state index contributed by atoms with van der Waals surface area (Å²) in [6.45, 7) is 3.86. The van der Waals surface area contributed by atoms with Crippen molar-refractivity contribution in [2.45, 2.75) is 32.7 Å². The van der Waals surface area contributed by atoms with E-state index >= 15 is 0 Å². The lowest BCUT2D eigenvalue weighted by atomic mass is 10.1. The average Bonchev–Trinajstić information content (AvgIpc) is 3.06. The first-order chi connectivity index (χ1) is 7.79. The van der Waals surface area contributed by atoms with Crippen molar-refractivity contribution in [1.82, 2.24) is 5.32 Å². The van der Waals surface area contributed by atoms with E-state index in [1.165, 1.54) is 30.4 Å². The van der Waals surface area contributed by atoms with Gasteiger partial charge in [-0.15, -0.1) is 0 Å². The number of hydrogen-bond donors (Lipinski definition) is 1. The summed E-state index contributed by atoms with van der Waals surface area (Å²) in [4.78, 5) is 0. The first-order valence-corrected chi connectivity index (χ1v) is 6.16. The molecule has 2 nitrogen and oxygen atoms in total. The maximum Gasteiger partial charge on any atom is 0.123 e. The fourth-order valence-electron chi connectivity index (χ4n) is 1.92. The maximum absolute atomic E-state index is 5.86. The molecule has 88 valence electrons. The quantitative estimate of drug-likeness (QED) is 0.794. The Bertz CT molecular complexity index is 345. The molecule has 2 heteroatoms. The van der Waals surface area contributed by atoms with Crippen LogP contribution in [0.4, 0.5) is 0 Å². The Hall–Kier alpha value is -1.02. The summed E-state index contributed by atoms with van der Waals surface area (Å²) in [7, 11) is 1.97. The predicted octanol–water partition coefficient (Wildman–Crippen LogP) is 2.89. The molecular formula is C14H21NO. The van der Waals surface area contributed by atoms with Gasteiger partial charge in [-0.2, -0.15) is 0 Å². The van der Waals surface area contributed by atoms with Gasteiger partial charge in [0, 0.05) is 12.1 Å². The van der Waals surface area contributed by atoms with Crippen LogP contribution >= 0.6 is 0 Å². The fraction of sp³-hybridized carbons (Fsp3) is 0.571. The third-order valence-corrected chi connectivity index (χ3v) is 3.06. The summed E-state index contributed by atoms with van der Waals surface area (Å²) in [6, 6.07) is 6.41. The van der Waals surface area contributed by atoms with Crippen LogP contribution in [-0.2, 0) is 6.54 Å². The second kappa shape index (κ2) is 5.35. The smallest absolute Gasteiger partial charge is 0.123 e. The van der Waals surface area contributed by atoms with Gasteiger partial charge in [-0.05, 0) is 32.4 Å². The van der Waals surface area contributed by atoms with E-state index in [1.54, 1.807) is 0 Å². The molecule has 0 aliphatic heterocycles. The van der Waals surface area contributed by atoms with Gasteiger partial charge in [0.05, 0.1) is 6.61 Å². The monoisotopic (exact) mass is 219 g/mol. The summed E-state index contributed by atoms with van der Waals surface area (Å²) in [5, 5.41) is 3.18. The van der Waals surface area contributed by atoms with E-state index in [4.69, 9.17) is 4.74 Å². The van der Waals surface area contributed by atoms with Gasteiger partial charge in [-0.3, -0.25) is 0 Å². The van der Waals surface area contributed by atoms with Crippen LogP contribution in [0.3, 0.4) is 0 Å². The maximum atomic E-state index is 5.86. The van der Waals surface area contributed by atoms with Gasteiger partial charge in [0.2, 0.25) is 0 Å². The fourth-order valence-corrected chi connectivity index (χ4v) is 1.92. The van der Waals surface area contributed by atoms with Gasteiger partial charge in [0.25, 0.3) is 0 Å². The number of benzene rings is 1. The molecule has 0 heterocycles. The molecule has 1 aliphatic carbocycles. The van der Waals surface area contributed by atoms with E-state index in [-0.39, 0.29) is 0 Å². The zero-order valence-electron chi connectivity index (χ0n) is 10.3. The molecule has 0 radical (unpaired) electrons. The van der Waals surface area contributed by atoms with E-state index in [0.29, 0.717) is 0 Å². The highest BCUT2D eigenvalue weighted by molar-refractivity contribution is 5.36. The molecule has 2 rings (SSSR count). The molecule has 1 aromatic rings. The minimum absolute atomic E-state index is 0.866. The summed E-state index contributed by atoms with van der Waals surface area (Å²) in [5.74, 6) is 1.98. The highest BCUT2D eigenvalue weighted by atomic mass is 16.5. The van der Waals surface area contributed by atoms with Gasteiger partial charge < -0.3 is 10.1 Å². The van der Waals surface area contributed by atoms with Gasteiger partial charge in [-0.1, -0.05) is 30.5 Å². The van der Waals surface area contributed by atoms with E-state index < -0.39 is 0 Å². The number of nitrogens with one attached hydrogen (secondary N) is 1. The number of ether oxygens (including phenoxy) is 1. The van der Waals surface area contributed by atoms with Crippen LogP contribution in [0.5, 0.6) is 5.75 Å². The molecule has 0 bridgehead atoms. The Morgan fingerprint density at radius 2 is 2.19 bits per heavy atom. The van der Waals surface area contributed by atoms with Gasteiger partial charge in [-0.25, -0.2) is 0 Å². The van der Waals surface area contributed by atoms with Crippen LogP contribution in [0.25, 0.3) is 0 Å². The van der Waals surface area contributed by atoms with E-state index in [1.807, 2.05) is 7.05 Å². The van der Waals surface area contributed by atoms with Gasteiger partial charge >= 0.3 is 0 Å². The molecular weight excluding hydrogens is 198 g/mol. The standard InChI is InChI=1S/C14H21NO/c1-11-3-6-14(13(9-11)10-15-2)16-8-7-12-4-5-12/h3,6,9,12,15H,4-5,7-8,10H2,1-2H3.